The molecule has 80 heavy (non-hydrogen) atoms. The van der Waals surface area contributed by atoms with Gasteiger partial charge in [-0.3, -0.25) is 19.2 Å². The fourth-order valence-electron chi connectivity index (χ4n) is 15.1. The molecule has 0 unspecified atom stereocenters. The van der Waals surface area contributed by atoms with Crippen LogP contribution in [0.2, 0.25) is 0 Å². The highest BCUT2D eigenvalue weighted by Crippen LogP contribution is 2.67. The Balaban J connectivity index is 1.20. The Morgan fingerprint density at radius 3 is 1.70 bits per heavy atom. The second-order valence-electron chi connectivity index (χ2n) is 26.6. The number of carbonyl (C=O) groups excluding carboxylic acids is 3. The van der Waals surface area contributed by atoms with Crippen molar-refractivity contribution in [1.82, 2.24) is 4.90 Å². The van der Waals surface area contributed by atoms with Crippen LogP contribution in [0, 0.1) is 46.3 Å². The zero-order chi connectivity index (χ0) is 57.9. The van der Waals surface area contributed by atoms with E-state index in [2.05, 4.69) is 103 Å². The smallest absolute Gasteiger partial charge is 0.325 e. The average molecular weight is 1110 g/mol. The van der Waals surface area contributed by atoms with Crippen LogP contribution >= 0.6 is 0 Å². The predicted molar refractivity (Wildman–Crippen MR) is 334 cm³/mol. The number of fused-ring (bicyclic) bond motifs is 5. The molecule has 0 aromatic carbocycles. The molecule has 0 aliphatic heterocycles. The summed E-state index contributed by atoms with van der Waals surface area (Å²) in [5.74, 6) is 1.77. The van der Waals surface area contributed by atoms with Crippen molar-refractivity contribution in [2.75, 3.05) is 13.1 Å². The lowest BCUT2D eigenvalue weighted by atomic mass is 9.47. The van der Waals surface area contributed by atoms with Crippen molar-refractivity contribution < 1.29 is 33.8 Å². The number of amides is 1. The number of carboxylic acids is 1. The maximum atomic E-state index is 13.6. The van der Waals surface area contributed by atoms with E-state index in [9.17, 15) is 24.3 Å². The van der Waals surface area contributed by atoms with Crippen molar-refractivity contribution in [2.24, 2.45) is 46.3 Å². The third kappa shape index (κ3) is 25.6. The summed E-state index contributed by atoms with van der Waals surface area (Å²) in [7, 11) is 0. The van der Waals surface area contributed by atoms with Gasteiger partial charge in [-0.2, -0.15) is 0 Å². The fraction of sp³-hybridized carbons (Fsp3) is 0.806. The highest BCUT2D eigenvalue weighted by atomic mass is 16.5. The normalized spacial score (nSPS) is 24.2. The first kappa shape index (κ1) is 69.1. The summed E-state index contributed by atoms with van der Waals surface area (Å²) in [6.07, 6.45) is 62.9. The largest absolute Gasteiger partial charge is 0.480 e. The van der Waals surface area contributed by atoms with E-state index in [1.54, 1.807) is 0 Å². The lowest BCUT2D eigenvalue weighted by Crippen LogP contribution is -2.51. The second kappa shape index (κ2) is 40.0. The monoisotopic (exact) mass is 1110 g/mol. The van der Waals surface area contributed by atoms with Crippen LogP contribution in [-0.2, 0) is 28.7 Å². The molecular weight excluding hydrogens is 991 g/mol. The number of allylic oxidation sites excluding steroid dienone is 9. The molecule has 0 aromatic rings. The second-order valence-corrected chi connectivity index (χ2v) is 26.6. The summed E-state index contributed by atoms with van der Waals surface area (Å²) >= 11 is 0. The number of carbonyl (C=O) groups is 4. The van der Waals surface area contributed by atoms with Crippen LogP contribution in [0.5, 0.6) is 0 Å². The quantitative estimate of drug-likeness (QED) is 0.0368. The van der Waals surface area contributed by atoms with Gasteiger partial charge in [0.25, 0.3) is 0 Å². The van der Waals surface area contributed by atoms with E-state index in [0.717, 1.165) is 118 Å². The molecule has 3 fully saturated rings. The molecular formula is C72H121NO7. The fourth-order valence-corrected chi connectivity index (χ4v) is 15.1. The van der Waals surface area contributed by atoms with Gasteiger partial charge in [0.1, 0.15) is 25.3 Å². The minimum absolute atomic E-state index is 0.109. The molecule has 3 saturated carbocycles. The molecule has 8 atom stereocenters. The van der Waals surface area contributed by atoms with E-state index in [1.807, 2.05) is 0 Å². The molecule has 0 radical (unpaired) electrons. The summed E-state index contributed by atoms with van der Waals surface area (Å²) < 4.78 is 12.2. The number of hydrogen-bond donors (Lipinski definition) is 1. The molecule has 0 spiro atoms. The Hall–Kier alpha value is -3.42. The summed E-state index contributed by atoms with van der Waals surface area (Å²) in [4.78, 5) is 53.6. The molecule has 0 saturated heterocycles. The van der Waals surface area contributed by atoms with Gasteiger partial charge in [0.05, 0.1) is 6.42 Å². The minimum Gasteiger partial charge on any atom is -0.480 e. The van der Waals surface area contributed by atoms with Gasteiger partial charge in [0, 0.05) is 12.8 Å². The highest BCUT2D eigenvalue weighted by molar-refractivity contribution is 5.87. The summed E-state index contributed by atoms with van der Waals surface area (Å²) in [6, 6.07) is 0. The molecule has 1 amide bonds. The number of rotatable bonds is 44. The average Bonchev–Trinajstić information content (AvgIpc) is 3.93. The third-order valence-electron chi connectivity index (χ3n) is 19.9. The first-order valence-corrected chi connectivity index (χ1v) is 33.9. The van der Waals surface area contributed by atoms with Gasteiger partial charge in [-0.1, -0.05) is 205 Å². The Bertz CT molecular complexity index is 1850. The summed E-state index contributed by atoms with van der Waals surface area (Å²) in [5.41, 5.74) is 1.97. The Kier molecular flexibility index (Phi) is 34.5. The molecule has 8 nitrogen and oxygen atoms in total. The Morgan fingerprint density at radius 1 is 0.600 bits per heavy atom. The Morgan fingerprint density at radius 2 is 1.15 bits per heavy atom. The number of nitrogens with zero attached hydrogens (tertiary/aromatic N) is 1. The molecule has 0 heterocycles. The van der Waals surface area contributed by atoms with Crippen LogP contribution in [0.3, 0.4) is 0 Å². The van der Waals surface area contributed by atoms with Gasteiger partial charge >= 0.3 is 17.9 Å². The maximum Gasteiger partial charge on any atom is 0.325 e. The van der Waals surface area contributed by atoms with Crippen molar-refractivity contribution in [2.45, 2.75) is 311 Å². The van der Waals surface area contributed by atoms with Gasteiger partial charge in [0.2, 0.25) is 5.91 Å². The van der Waals surface area contributed by atoms with E-state index in [1.165, 1.54) is 153 Å². The number of hydrogen-bond acceptors (Lipinski definition) is 6. The molecule has 4 aliphatic rings. The van der Waals surface area contributed by atoms with Gasteiger partial charge in [-0.25, -0.2) is 0 Å². The molecule has 4 rings (SSSR count). The van der Waals surface area contributed by atoms with Crippen LogP contribution < -0.4 is 0 Å². The first-order valence-electron chi connectivity index (χ1n) is 33.9. The predicted octanol–water partition coefficient (Wildman–Crippen LogP) is 20.0. The number of unbranched alkanes of at least 4 members (excludes halogenated alkanes) is 18. The van der Waals surface area contributed by atoms with Crippen molar-refractivity contribution in [1.29, 1.82) is 0 Å². The first-order chi connectivity index (χ1) is 38.7. The van der Waals surface area contributed by atoms with E-state index in [0.29, 0.717) is 17.8 Å². The maximum absolute atomic E-state index is 13.6. The van der Waals surface area contributed by atoms with Gasteiger partial charge in [-0.05, 0) is 181 Å². The molecule has 0 aromatic heterocycles. The van der Waals surface area contributed by atoms with Crippen LogP contribution in [0.1, 0.15) is 299 Å². The number of carboxylic acid groups (broad SMARTS) is 1. The zero-order valence-corrected chi connectivity index (χ0v) is 52.7. The standard InChI is InChI=1S/C72H121NO7/c1-8-10-12-14-16-18-20-22-24-26-28-30-32-34-36-38-43-61(44-39-37-35-33-31-29-27-25-23-21-19-17-15-13-11-9-2)79-69(77)50-49-67(74)73(56-68(75)76)57-70(78)80-62-51-53-71(6)60(55-62)45-46-63-65-48-47-64(59(5)42-40-41-58(3)4)72(65,7)54-52-66(63)71/h16-19,22-25,45,58-59,61-66H,8-15,20-21,26-44,46-57H2,1-7H3,(H,75,76)/b18-16-,19-17-,24-22-,25-23-/t59-,62+,63+,64-,65+,66+,71+,72-/m1/s1. The van der Waals surface area contributed by atoms with Gasteiger partial charge in [0.15, 0.2) is 0 Å². The van der Waals surface area contributed by atoms with Crippen molar-refractivity contribution >= 4 is 23.8 Å². The van der Waals surface area contributed by atoms with E-state index >= 15 is 0 Å². The minimum atomic E-state index is -1.21. The van der Waals surface area contributed by atoms with E-state index in [-0.39, 0.29) is 30.5 Å². The molecule has 4 aliphatic carbocycles. The molecule has 8 heteroatoms. The number of ether oxygens (including phenoxy) is 2. The highest BCUT2D eigenvalue weighted by Gasteiger charge is 2.59. The topological polar surface area (TPSA) is 110 Å². The van der Waals surface area contributed by atoms with E-state index < -0.39 is 36.9 Å². The van der Waals surface area contributed by atoms with Crippen LogP contribution in [0.4, 0.5) is 0 Å². The van der Waals surface area contributed by atoms with E-state index in [4.69, 9.17) is 9.47 Å². The van der Waals surface area contributed by atoms with Gasteiger partial charge < -0.3 is 19.5 Å². The number of esters is 2. The van der Waals surface area contributed by atoms with Crippen LogP contribution in [0.25, 0.3) is 0 Å². The third-order valence-corrected chi connectivity index (χ3v) is 19.9. The van der Waals surface area contributed by atoms with Gasteiger partial charge in [-0.15, -0.1) is 0 Å². The molecule has 1 N–H and O–H groups in total. The van der Waals surface area contributed by atoms with Crippen LogP contribution in [-0.4, -0.2) is 59.1 Å². The van der Waals surface area contributed by atoms with Crippen LogP contribution in [0.15, 0.2) is 60.3 Å². The zero-order valence-electron chi connectivity index (χ0n) is 52.7. The molecule has 0 bridgehead atoms. The Labute approximate surface area is 491 Å². The SMILES string of the molecule is CCCCC/C=C\C/C=C\CCCCCCCCC(CCCCCCCC/C=C\C/C=C\CCCCC)OC(=O)CCC(=O)N(CC(=O)O)CC(=O)O[C@H]1CC[C@@]2(C)C(=CC[C@H]3[C@@H]4CC[C@H]([C@H](C)CCCC(C)C)[C@@]4(C)CC[C@@H]32)C1. The van der Waals surface area contributed by atoms with Crippen molar-refractivity contribution in [3.63, 3.8) is 0 Å². The lowest BCUT2D eigenvalue weighted by Gasteiger charge is -2.58. The lowest BCUT2D eigenvalue weighted by molar-refractivity contribution is -0.158. The molecule has 456 valence electrons. The summed E-state index contributed by atoms with van der Waals surface area (Å²) in [6.45, 7) is 15.8. The van der Waals surface area contributed by atoms with Crippen molar-refractivity contribution in [3.8, 4) is 0 Å². The number of aliphatic carboxylic acids is 1. The summed E-state index contributed by atoms with van der Waals surface area (Å²) in [5, 5.41) is 9.80. The van der Waals surface area contributed by atoms with Crippen molar-refractivity contribution in [3.05, 3.63) is 60.3 Å².